The van der Waals surface area contributed by atoms with E-state index in [0.29, 0.717) is 12.8 Å². The minimum atomic E-state index is -4.64. The average Bonchev–Trinajstić information content (AvgIpc) is 2.89. The highest BCUT2D eigenvalue weighted by atomic mass is 19.4. The molecule has 3 aromatic rings. The van der Waals surface area contributed by atoms with Crippen LogP contribution in [-0.2, 0) is 17.8 Å². The summed E-state index contributed by atoms with van der Waals surface area (Å²) in [7, 11) is 0. The number of alkyl halides is 3. The second-order valence-corrected chi connectivity index (χ2v) is 10.6. The summed E-state index contributed by atoms with van der Waals surface area (Å²) in [4.78, 5) is 0. The SMILES string of the molecule is CCCCCC(O)(c1ccc(C)cc1)C(F)(F)F.Cc1ccc(C2(O)CCC2)cc1.Cc1ccc(CO)cc1. The monoisotopic (exact) mass is 544 g/mol. The van der Waals surface area contributed by atoms with E-state index in [4.69, 9.17) is 5.11 Å². The zero-order valence-corrected chi connectivity index (χ0v) is 23.6. The fraction of sp³-hybridized carbons (Fsp3) is 0.455. The molecule has 0 radical (unpaired) electrons. The van der Waals surface area contributed by atoms with Crippen LogP contribution in [0.4, 0.5) is 13.2 Å². The van der Waals surface area contributed by atoms with Gasteiger partial charge in [-0.2, -0.15) is 13.2 Å². The first-order valence-electron chi connectivity index (χ1n) is 13.7. The third-order valence-corrected chi connectivity index (χ3v) is 7.21. The van der Waals surface area contributed by atoms with Crippen LogP contribution < -0.4 is 0 Å². The van der Waals surface area contributed by atoms with Crippen molar-refractivity contribution >= 4 is 0 Å². The van der Waals surface area contributed by atoms with E-state index in [1.54, 1.807) is 19.1 Å². The minimum absolute atomic E-state index is 0.0725. The molecule has 1 atom stereocenters. The van der Waals surface area contributed by atoms with E-state index in [1.165, 1.54) is 23.3 Å². The van der Waals surface area contributed by atoms with Crippen LogP contribution in [0.3, 0.4) is 0 Å². The summed E-state index contributed by atoms with van der Waals surface area (Å²) < 4.78 is 39.2. The van der Waals surface area contributed by atoms with Crippen LogP contribution in [0.5, 0.6) is 0 Å². The van der Waals surface area contributed by atoms with Gasteiger partial charge in [0, 0.05) is 0 Å². The van der Waals surface area contributed by atoms with Crippen LogP contribution in [0.1, 0.15) is 85.3 Å². The maximum Gasteiger partial charge on any atom is 0.421 e. The molecule has 39 heavy (non-hydrogen) atoms. The van der Waals surface area contributed by atoms with Crippen molar-refractivity contribution in [1.29, 1.82) is 0 Å². The summed E-state index contributed by atoms with van der Waals surface area (Å²) in [6.07, 6.45) is -0.0492. The molecule has 3 nitrogen and oxygen atoms in total. The van der Waals surface area contributed by atoms with Gasteiger partial charge in [-0.1, -0.05) is 109 Å². The van der Waals surface area contributed by atoms with Crippen LogP contribution in [0.25, 0.3) is 0 Å². The number of benzene rings is 3. The molecule has 6 heteroatoms. The van der Waals surface area contributed by atoms with Crippen LogP contribution in [-0.4, -0.2) is 21.5 Å². The first-order valence-corrected chi connectivity index (χ1v) is 13.7. The number of unbranched alkanes of at least 4 members (excludes halogenated alkanes) is 2. The van der Waals surface area contributed by atoms with Crippen LogP contribution in [0.15, 0.2) is 72.8 Å². The lowest BCUT2D eigenvalue weighted by Crippen LogP contribution is -2.42. The van der Waals surface area contributed by atoms with Gasteiger partial charge < -0.3 is 15.3 Å². The molecule has 0 aromatic heterocycles. The van der Waals surface area contributed by atoms with Gasteiger partial charge in [0.25, 0.3) is 0 Å². The second kappa shape index (κ2) is 14.6. The highest BCUT2D eigenvalue weighted by Crippen LogP contribution is 2.43. The highest BCUT2D eigenvalue weighted by molar-refractivity contribution is 5.29. The number of rotatable bonds is 7. The van der Waals surface area contributed by atoms with Crippen molar-refractivity contribution < 1.29 is 28.5 Å². The molecule has 0 saturated heterocycles. The van der Waals surface area contributed by atoms with Crippen molar-refractivity contribution in [3.63, 3.8) is 0 Å². The summed E-state index contributed by atoms with van der Waals surface area (Å²) in [6.45, 7) is 7.95. The van der Waals surface area contributed by atoms with Gasteiger partial charge in [0.2, 0.25) is 0 Å². The number of halogens is 3. The normalized spacial score (nSPS) is 15.5. The first kappa shape index (κ1) is 32.5. The Hall–Kier alpha value is -2.67. The average molecular weight is 545 g/mol. The van der Waals surface area contributed by atoms with E-state index in [1.807, 2.05) is 50.2 Å². The van der Waals surface area contributed by atoms with Gasteiger partial charge in [-0.15, -0.1) is 0 Å². The van der Waals surface area contributed by atoms with E-state index < -0.39 is 17.4 Å². The molecule has 1 aliphatic rings. The van der Waals surface area contributed by atoms with Crippen molar-refractivity contribution in [2.45, 2.75) is 96.6 Å². The molecule has 3 aromatic carbocycles. The Kier molecular flexibility index (Phi) is 12.2. The maximum absolute atomic E-state index is 13.1. The van der Waals surface area contributed by atoms with Gasteiger partial charge in [0.1, 0.15) is 0 Å². The van der Waals surface area contributed by atoms with E-state index in [2.05, 4.69) is 19.1 Å². The lowest BCUT2D eigenvalue weighted by molar-refractivity contribution is -0.269. The molecular weight excluding hydrogens is 501 g/mol. The third-order valence-electron chi connectivity index (χ3n) is 7.21. The summed E-state index contributed by atoms with van der Waals surface area (Å²) >= 11 is 0. The number of aryl methyl sites for hydroxylation is 3. The van der Waals surface area contributed by atoms with Gasteiger partial charge in [-0.05, 0) is 69.6 Å². The van der Waals surface area contributed by atoms with Gasteiger partial charge in [0.15, 0.2) is 5.60 Å². The minimum Gasteiger partial charge on any atom is -0.392 e. The van der Waals surface area contributed by atoms with Crippen molar-refractivity contribution in [2.75, 3.05) is 0 Å². The lowest BCUT2D eigenvalue weighted by atomic mass is 9.75. The first-order chi connectivity index (χ1) is 18.3. The van der Waals surface area contributed by atoms with Crippen molar-refractivity contribution in [3.05, 3.63) is 106 Å². The molecule has 0 amide bonds. The Morgan fingerprint density at radius 3 is 1.59 bits per heavy atom. The molecule has 3 N–H and O–H groups in total. The Morgan fingerprint density at radius 1 is 0.744 bits per heavy atom. The molecule has 0 bridgehead atoms. The van der Waals surface area contributed by atoms with Gasteiger partial charge in [-0.3, -0.25) is 0 Å². The van der Waals surface area contributed by atoms with E-state index >= 15 is 0 Å². The Labute approximate surface area is 231 Å². The molecule has 0 aliphatic heterocycles. The van der Waals surface area contributed by atoms with Crippen molar-refractivity contribution in [2.24, 2.45) is 0 Å². The number of aliphatic hydroxyl groups excluding tert-OH is 1. The summed E-state index contributed by atoms with van der Waals surface area (Å²) in [6, 6.07) is 21.9. The van der Waals surface area contributed by atoms with E-state index in [0.717, 1.165) is 42.4 Å². The molecule has 0 heterocycles. The summed E-state index contributed by atoms with van der Waals surface area (Å²) in [5, 5.41) is 28.6. The fourth-order valence-corrected chi connectivity index (χ4v) is 4.27. The molecule has 0 spiro atoms. The molecule has 1 unspecified atom stereocenters. The van der Waals surface area contributed by atoms with Gasteiger partial charge >= 0.3 is 6.18 Å². The van der Waals surface area contributed by atoms with Crippen molar-refractivity contribution in [3.8, 4) is 0 Å². The van der Waals surface area contributed by atoms with Crippen LogP contribution in [0, 0.1) is 20.8 Å². The topological polar surface area (TPSA) is 60.7 Å². The number of aliphatic hydroxyl groups is 3. The molecule has 1 fully saturated rings. The molecule has 214 valence electrons. The van der Waals surface area contributed by atoms with Crippen LogP contribution >= 0.6 is 0 Å². The Morgan fingerprint density at radius 2 is 1.21 bits per heavy atom. The zero-order valence-electron chi connectivity index (χ0n) is 23.6. The standard InChI is InChI=1S/C14H19F3O.C11H14O.C8H10O/c1-3-4-5-10-13(18,14(15,16)17)12-8-6-11(2)7-9-12;1-9-3-5-10(6-4-9)11(12)7-2-8-11;1-7-2-4-8(6-9)5-3-7/h6-9,18H,3-5,10H2,1-2H3;3-6,12H,2,7-8H2,1H3;2-5,9H,6H2,1H3. The molecule has 4 rings (SSSR count). The highest BCUT2D eigenvalue weighted by Gasteiger charge is 2.54. The zero-order chi connectivity index (χ0) is 29.1. The number of hydrogen-bond donors (Lipinski definition) is 3. The predicted molar refractivity (Wildman–Crippen MR) is 151 cm³/mol. The summed E-state index contributed by atoms with van der Waals surface area (Å²) in [5.74, 6) is 0. The second-order valence-electron chi connectivity index (χ2n) is 10.6. The van der Waals surface area contributed by atoms with Crippen LogP contribution in [0.2, 0.25) is 0 Å². The van der Waals surface area contributed by atoms with Gasteiger partial charge in [0.05, 0.1) is 12.2 Å². The smallest absolute Gasteiger partial charge is 0.392 e. The van der Waals surface area contributed by atoms with Crippen molar-refractivity contribution in [1.82, 2.24) is 0 Å². The largest absolute Gasteiger partial charge is 0.421 e. The third kappa shape index (κ3) is 9.48. The molecule has 1 aliphatic carbocycles. The summed E-state index contributed by atoms with van der Waals surface area (Å²) in [5.41, 5.74) is 2.12. The maximum atomic E-state index is 13.1. The Balaban J connectivity index is 0.000000218. The fourth-order valence-electron chi connectivity index (χ4n) is 4.27. The number of hydrogen-bond acceptors (Lipinski definition) is 3. The lowest BCUT2D eigenvalue weighted by Gasteiger charge is -2.37. The quantitative estimate of drug-likeness (QED) is 0.263. The predicted octanol–water partition coefficient (Wildman–Crippen LogP) is 8.18. The Bertz CT molecular complexity index is 1100. The molecule has 1 saturated carbocycles. The van der Waals surface area contributed by atoms with E-state index in [9.17, 15) is 23.4 Å². The van der Waals surface area contributed by atoms with Gasteiger partial charge in [-0.25, -0.2) is 0 Å². The van der Waals surface area contributed by atoms with E-state index in [-0.39, 0.29) is 18.6 Å². The molecular formula is C33H43F3O3.